The summed E-state index contributed by atoms with van der Waals surface area (Å²) in [4.78, 5) is 27.8. The number of carbonyl (C=O) groups is 1. The van der Waals surface area contributed by atoms with Crippen LogP contribution in [0.2, 0.25) is 0 Å². The number of pyridine rings is 1. The van der Waals surface area contributed by atoms with E-state index in [4.69, 9.17) is 9.47 Å². The van der Waals surface area contributed by atoms with Crippen molar-refractivity contribution in [2.24, 2.45) is 5.41 Å². The fourth-order valence-corrected chi connectivity index (χ4v) is 3.22. The molecule has 0 radical (unpaired) electrons. The van der Waals surface area contributed by atoms with Gasteiger partial charge in [0.05, 0.1) is 12.0 Å². The average molecular weight is 433 g/mol. The lowest BCUT2D eigenvalue weighted by atomic mass is 9.96. The molecule has 1 aromatic heterocycles. The number of phenols is 1. The van der Waals surface area contributed by atoms with Gasteiger partial charge in [0.15, 0.2) is 11.6 Å². The van der Waals surface area contributed by atoms with Gasteiger partial charge in [-0.1, -0.05) is 34.1 Å². The Morgan fingerprint density at radius 2 is 1.77 bits per heavy atom. The Hall–Kier alpha value is -2.70. The third-order valence-electron chi connectivity index (χ3n) is 4.54. The Morgan fingerprint density at radius 3 is 2.32 bits per heavy atom. The van der Waals surface area contributed by atoms with Gasteiger partial charge in [0.2, 0.25) is 0 Å². The van der Waals surface area contributed by atoms with Crippen LogP contribution in [-0.2, 0) is 11.3 Å². The molecule has 0 saturated heterocycles. The Bertz CT molecular complexity index is 996. The smallest absolute Gasteiger partial charge is 0.415 e. The van der Waals surface area contributed by atoms with E-state index in [-0.39, 0.29) is 16.7 Å². The molecule has 1 aromatic carbocycles. The molecule has 31 heavy (non-hydrogen) atoms. The summed E-state index contributed by atoms with van der Waals surface area (Å²) in [6.45, 7) is 14.3. The zero-order valence-corrected chi connectivity index (χ0v) is 20.0. The summed E-state index contributed by atoms with van der Waals surface area (Å²) < 4.78 is 13.3. The molecule has 0 aliphatic heterocycles. The first kappa shape index (κ1) is 24.6. The van der Waals surface area contributed by atoms with E-state index in [1.54, 1.807) is 38.5 Å². The van der Waals surface area contributed by atoms with Gasteiger partial charge in [-0.15, -0.1) is 0 Å². The van der Waals surface area contributed by atoms with Crippen LogP contribution in [0.5, 0.6) is 11.5 Å². The topological polar surface area (TPSA) is 81.0 Å². The van der Waals surface area contributed by atoms with E-state index >= 15 is 0 Å². The number of hydrogen-bond donors (Lipinski definition) is 1. The molecule has 7 heteroatoms. The third-order valence-corrected chi connectivity index (χ3v) is 4.54. The van der Waals surface area contributed by atoms with Crippen molar-refractivity contribution >= 4 is 22.7 Å². The monoisotopic (exact) mass is 432 g/mol. The minimum absolute atomic E-state index is 0.000311. The quantitative estimate of drug-likeness (QED) is 0.626. The van der Waals surface area contributed by atoms with Crippen LogP contribution in [0, 0.1) is 5.41 Å². The Balaban J connectivity index is 2.84. The van der Waals surface area contributed by atoms with Crippen molar-refractivity contribution in [3.05, 3.63) is 28.6 Å². The van der Waals surface area contributed by atoms with Crippen LogP contribution in [0.15, 0.2) is 23.0 Å². The molecule has 0 aliphatic rings. The first-order valence-corrected chi connectivity index (χ1v) is 10.7. The predicted molar refractivity (Wildman–Crippen MR) is 124 cm³/mol. The maximum atomic E-state index is 13.5. The number of fused-ring (bicyclic) bond motifs is 1. The second kappa shape index (κ2) is 9.20. The number of aromatic nitrogens is 1. The van der Waals surface area contributed by atoms with Gasteiger partial charge in [0.25, 0.3) is 5.56 Å². The van der Waals surface area contributed by atoms with Gasteiger partial charge >= 0.3 is 6.09 Å². The summed E-state index contributed by atoms with van der Waals surface area (Å²) >= 11 is 0. The molecule has 0 bridgehead atoms. The van der Waals surface area contributed by atoms with Crippen LogP contribution >= 0.6 is 0 Å². The van der Waals surface area contributed by atoms with E-state index in [2.05, 4.69) is 6.92 Å². The van der Waals surface area contributed by atoms with Crippen molar-refractivity contribution in [2.75, 3.05) is 18.6 Å². The highest BCUT2D eigenvalue weighted by Gasteiger charge is 2.29. The minimum Gasteiger partial charge on any atom is -0.508 e. The van der Waals surface area contributed by atoms with E-state index in [9.17, 15) is 14.7 Å². The summed E-state index contributed by atoms with van der Waals surface area (Å²) in [5.74, 6) is 0.781. The molecule has 0 saturated carbocycles. The molecule has 172 valence electrons. The first-order valence-electron chi connectivity index (χ1n) is 10.7. The van der Waals surface area contributed by atoms with Gasteiger partial charge in [-0.3, -0.25) is 14.3 Å². The lowest BCUT2D eigenvalue weighted by molar-refractivity contribution is 0.0585. The zero-order valence-electron chi connectivity index (χ0n) is 20.0. The number of benzene rings is 1. The molecular formula is C24H36N2O5. The van der Waals surface area contributed by atoms with Gasteiger partial charge in [-0.2, -0.15) is 0 Å². The second-order valence-electron chi connectivity index (χ2n) is 10.1. The molecule has 7 nitrogen and oxygen atoms in total. The summed E-state index contributed by atoms with van der Waals surface area (Å²) in [5.41, 5.74) is -1.24. The lowest BCUT2D eigenvalue weighted by Crippen LogP contribution is -2.39. The van der Waals surface area contributed by atoms with Crippen LogP contribution in [0.4, 0.5) is 10.6 Å². The van der Waals surface area contributed by atoms with E-state index in [0.29, 0.717) is 35.5 Å². The zero-order chi connectivity index (χ0) is 23.6. The number of phenolic OH excluding ortho intramolecular Hbond substituents is 1. The van der Waals surface area contributed by atoms with Crippen molar-refractivity contribution in [3.63, 3.8) is 0 Å². The van der Waals surface area contributed by atoms with Crippen molar-refractivity contribution in [1.29, 1.82) is 0 Å². The first-order chi connectivity index (χ1) is 14.2. The fourth-order valence-electron chi connectivity index (χ4n) is 3.22. The summed E-state index contributed by atoms with van der Waals surface area (Å²) in [5, 5.41) is 10.9. The van der Waals surface area contributed by atoms with Crippen molar-refractivity contribution < 1.29 is 19.4 Å². The van der Waals surface area contributed by atoms with E-state index in [1.165, 1.54) is 17.0 Å². The van der Waals surface area contributed by atoms with Crippen LogP contribution in [-0.4, -0.2) is 35.0 Å². The van der Waals surface area contributed by atoms with Crippen LogP contribution < -0.4 is 15.2 Å². The third kappa shape index (κ3) is 6.15. The largest absolute Gasteiger partial charge is 0.508 e. The number of aromatic hydroxyl groups is 1. The molecule has 1 N–H and O–H groups in total. The number of amides is 1. The van der Waals surface area contributed by atoms with E-state index < -0.39 is 11.7 Å². The summed E-state index contributed by atoms with van der Waals surface area (Å²) in [7, 11) is 1.58. The number of nitrogens with zero attached hydrogens (tertiary/aromatic N) is 2. The average Bonchev–Trinajstić information content (AvgIpc) is 2.62. The van der Waals surface area contributed by atoms with E-state index in [1.807, 2.05) is 20.8 Å². The summed E-state index contributed by atoms with van der Waals surface area (Å²) in [6, 6.07) is 4.61. The number of unbranched alkanes of at least 4 members (excludes halogenated alkanes) is 1. The number of ether oxygens (including phenoxy) is 2. The highest BCUT2D eigenvalue weighted by Crippen LogP contribution is 2.37. The highest BCUT2D eigenvalue weighted by atomic mass is 16.6. The van der Waals surface area contributed by atoms with Crippen molar-refractivity contribution in [3.8, 4) is 11.5 Å². The molecule has 1 heterocycles. The minimum atomic E-state index is -0.688. The molecule has 0 aliphatic carbocycles. The van der Waals surface area contributed by atoms with Gasteiger partial charge < -0.3 is 14.6 Å². The normalized spacial score (nSPS) is 12.1. The van der Waals surface area contributed by atoms with Gasteiger partial charge in [-0.05, 0) is 50.8 Å². The molecule has 1 amide bonds. The number of rotatable bonds is 6. The van der Waals surface area contributed by atoms with Gasteiger partial charge in [0.1, 0.15) is 11.4 Å². The molecule has 2 rings (SSSR count). The standard InChI is InChI=1S/C24H36N2O5/c1-9-10-13-30-19-17-12-11-16(27)14-18(17)21(28)26(15-23(2,3)4)20(19)25(8)22(29)31-24(5,6)7/h11-12,14,27H,9-10,13,15H2,1-8H3. The predicted octanol–water partition coefficient (Wildman–Crippen LogP) is 5.30. The Labute approximate surface area is 184 Å². The Kier molecular flexibility index (Phi) is 7.29. The maximum Gasteiger partial charge on any atom is 0.415 e. The molecule has 0 unspecified atom stereocenters. The SMILES string of the molecule is CCCCOc1c(N(C)C(=O)OC(C)(C)C)n(CC(C)(C)C)c(=O)c2cc(O)ccc12. The molecule has 0 fully saturated rings. The Morgan fingerprint density at radius 1 is 1.13 bits per heavy atom. The van der Waals surface area contributed by atoms with Crippen molar-refractivity contribution in [1.82, 2.24) is 4.57 Å². The van der Waals surface area contributed by atoms with Crippen LogP contribution in [0.3, 0.4) is 0 Å². The molecular weight excluding hydrogens is 396 g/mol. The molecule has 0 spiro atoms. The lowest BCUT2D eigenvalue weighted by Gasteiger charge is -2.30. The number of anilines is 1. The fraction of sp³-hybridized carbons (Fsp3) is 0.583. The number of hydrogen-bond acceptors (Lipinski definition) is 5. The molecule has 2 aromatic rings. The highest BCUT2D eigenvalue weighted by molar-refractivity contribution is 5.97. The number of carbonyl (C=O) groups excluding carboxylic acids is 1. The van der Waals surface area contributed by atoms with E-state index in [0.717, 1.165) is 12.8 Å². The van der Waals surface area contributed by atoms with Crippen LogP contribution in [0.1, 0.15) is 61.3 Å². The van der Waals surface area contributed by atoms with Gasteiger partial charge in [-0.25, -0.2) is 4.79 Å². The second-order valence-corrected chi connectivity index (χ2v) is 10.1. The van der Waals surface area contributed by atoms with Crippen LogP contribution in [0.25, 0.3) is 10.8 Å². The van der Waals surface area contributed by atoms with Gasteiger partial charge in [0, 0.05) is 19.0 Å². The molecule has 0 atom stereocenters. The van der Waals surface area contributed by atoms with Crippen molar-refractivity contribution in [2.45, 2.75) is 73.5 Å². The maximum absolute atomic E-state index is 13.5. The summed E-state index contributed by atoms with van der Waals surface area (Å²) in [6.07, 6.45) is 1.19.